The third kappa shape index (κ3) is 1.76. The molecule has 1 aliphatic carbocycles. The predicted octanol–water partition coefficient (Wildman–Crippen LogP) is 2.91. The Morgan fingerprint density at radius 3 is 2.46 bits per heavy atom. The Kier molecular flexibility index (Phi) is 2.39. The second kappa shape index (κ2) is 3.27. The van der Waals surface area contributed by atoms with E-state index < -0.39 is 0 Å². The first-order valence-corrected chi connectivity index (χ1v) is 5.84. The zero-order valence-electron chi connectivity index (χ0n) is 9.34. The molecule has 0 spiro atoms. The van der Waals surface area contributed by atoms with Crippen LogP contribution in [0.2, 0.25) is 0 Å². The second-order valence-electron chi connectivity index (χ2n) is 5.60. The molecule has 13 heavy (non-hydrogen) atoms. The maximum atomic E-state index is 2.61. The van der Waals surface area contributed by atoms with Crippen LogP contribution in [0.15, 0.2) is 0 Å². The molecule has 2 rings (SSSR count). The summed E-state index contributed by atoms with van der Waals surface area (Å²) in [5.41, 5.74) is 0.749. The molecule has 0 aromatic rings. The van der Waals surface area contributed by atoms with Gasteiger partial charge in [-0.3, -0.25) is 0 Å². The Hall–Kier alpha value is -0.0400. The molecule has 1 atom stereocenters. The maximum absolute atomic E-state index is 2.61. The lowest BCUT2D eigenvalue weighted by atomic mass is 9.86. The van der Waals surface area contributed by atoms with Crippen LogP contribution in [0.3, 0.4) is 0 Å². The molecule has 1 saturated heterocycles. The van der Waals surface area contributed by atoms with Crippen LogP contribution in [0.25, 0.3) is 0 Å². The van der Waals surface area contributed by atoms with Crippen LogP contribution < -0.4 is 0 Å². The van der Waals surface area contributed by atoms with Crippen LogP contribution in [0, 0.1) is 11.3 Å². The van der Waals surface area contributed by atoms with Gasteiger partial charge in [-0.05, 0) is 57.0 Å². The molecule has 0 aromatic heterocycles. The fourth-order valence-electron chi connectivity index (χ4n) is 3.33. The maximum Gasteiger partial charge on any atom is 0.0149 e. The highest BCUT2D eigenvalue weighted by Crippen LogP contribution is 2.56. The molecule has 2 fully saturated rings. The van der Waals surface area contributed by atoms with Crippen LogP contribution in [0.4, 0.5) is 0 Å². The van der Waals surface area contributed by atoms with Gasteiger partial charge in [-0.15, -0.1) is 0 Å². The van der Waals surface area contributed by atoms with Gasteiger partial charge in [0.25, 0.3) is 0 Å². The highest BCUT2D eigenvalue weighted by Gasteiger charge is 2.51. The number of hydrogen-bond donors (Lipinski definition) is 0. The Labute approximate surface area is 82.5 Å². The summed E-state index contributed by atoms with van der Waals surface area (Å²) in [6, 6.07) is 0.926. The van der Waals surface area contributed by atoms with Crippen LogP contribution >= 0.6 is 0 Å². The largest absolute Gasteiger partial charge is 0.303 e. The van der Waals surface area contributed by atoms with Gasteiger partial charge in [0.15, 0.2) is 0 Å². The highest BCUT2D eigenvalue weighted by atomic mass is 15.2. The SMILES string of the molecule is CC(C)CC1(C2CCCN2C)CC1. The summed E-state index contributed by atoms with van der Waals surface area (Å²) in [5, 5.41) is 0. The van der Waals surface area contributed by atoms with E-state index in [9.17, 15) is 0 Å². The molecule has 0 bridgehead atoms. The van der Waals surface area contributed by atoms with Crippen molar-refractivity contribution >= 4 is 0 Å². The van der Waals surface area contributed by atoms with Gasteiger partial charge in [-0.1, -0.05) is 13.8 Å². The van der Waals surface area contributed by atoms with E-state index in [-0.39, 0.29) is 0 Å². The summed E-state index contributed by atoms with van der Waals surface area (Å²) < 4.78 is 0. The third-order valence-electron chi connectivity index (χ3n) is 3.93. The van der Waals surface area contributed by atoms with E-state index in [0.29, 0.717) is 0 Å². The topological polar surface area (TPSA) is 3.24 Å². The van der Waals surface area contributed by atoms with Crippen molar-refractivity contribution in [2.24, 2.45) is 11.3 Å². The van der Waals surface area contributed by atoms with Crippen molar-refractivity contribution in [2.75, 3.05) is 13.6 Å². The fourth-order valence-corrected chi connectivity index (χ4v) is 3.33. The summed E-state index contributed by atoms with van der Waals surface area (Å²) in [4.78, 5) is 2.61. The standard InChI is InChI=1S/C12H23N/c1-10(2)9-12(6-7-12)11-5-4-8-13(11)3/h10-11H,4-9H2,1-3H3. The smallest absolute Gasteiger partial charge is 0.0149 e. The summed E-state index contributed by atoms with van der Waals surface area (Å²) in [6.45, 7) is 6.08. The monoisotopic (exact) mass is 181 g/mol. The third-order valence-corrected chi connectivity index (χ3v) is 3.93. The summed E-state index contributed by atoms with van der Waals surface area (Å²) >= 11 is 0. The molecule has 1 aliphatic heterocycles. The summed E-state index contributed by atoms with van der Waals surface area (Å²) in [7, 11) is 2.32. The minimum atomic E-state index is 0.749. The van der Waals surface area contributed by atoms with Crippen LogP contribution in [0.1, 0.15) is 46.0 Å². The molecule has 1 nitrogen and oxygen atoms in total. The molecule has 1 saturated carbocycles. The fraction of sp³-hybridized carbons (Fsp3) is 1.00. The van der Waals surface area contributed by atoms with Gasteiger partial charge in [0.2, 0.25) is 0 Å². The van der Waals surface area contributed by atoms with E-state index >= 15 is 0 Å². The van der Waals surface area contributed by atoms with Gasteiger partial charge >= 0.3 is 0 Å². The first kappa shape index (κ1) is 9.51. The van der Waals surface area contributed by atoms with E-state index in [1.54, 1.807) is 0 Å². The van der Waals surface area contributed by atoms with Crippen molar-refractivity contribution in [1.82, 2.24) is 4.90 Å². The Morgan fingerprint density at radius 1 is 1.38 bits per heavy atom. The molecule has 1 unspecified atom stereocenters. The summed E-state index contributed by atoms with van der Waals surface area (Å²) in [5.74, 6) is 0.886. The average molecular weight is 181 g/mol. The number of rotatable bonds is 3. The Balaban J connectivity index is 1.98. The quantitative estimate of drug-likeness (QED) is 0.647. The molecule has 76 valence electrons. The molecular formula is C12H23N. The van der Waals surface area contributed by atoms with Crippen molar-refractivity contribution in [3.05, 3.63) is 0 Å². The van der Waals surface area contributed by atoms with E-state index in [0.717, 1.165) is 17.4 Å². The summed E-state index contributed by atoms with van der Waals surface area (Å²) in [6.07, 6.45) is 7.35. The van der Waals surface area contributed by atoms with E-state index in [1.165, 1.54) is 38.6 Å². The number of likely N-dealkylation sites (tertiary alicyclic amines) is 1. The zero-order chi connectivity index (χ0) is 9.47. The molecule has 0 N–H and O–H groups in total. The molecule has 0 amide bonds. The lowest BCUT2D eigenvalue weighted by Crippen LogP contribution is -2.34. The minimum absolute atomic E-state index is 0.749. The predicted molar refractivity (Wildman–Crippen MR) is 56.8 cm³/mol. The first-order chi connectivity index (χ1) is 6.14. The van der Waals surface area contributed by atoms with Gasteiger partial charge in [0.05, 0.1) is 0 Å². The van der Waals surface area contributed by atoms with Crippen molar-refractivity contribution in [3.63, 3.8) is 0 Å². The van der Waals surface area contributed by atoms with E-state index in [4.69, 9.17) is 0 Å². The average Bonchev–Trinajstić information content (AvgIpc) is 2.65. The first-order valence-electron chi connectivity index (χ1n) is 5.84. The van der Waals surface area contributed by atoms with Crippen LogP contribution in [0.5, 0.6) is 0 Å². The normalized spacial score (nSPS) is 32.8. The van der Waals surface area contributed by atoms with Gasteiger partial charge in [0.1, 0.15) is 0 Å². The minimum Gasteiger partial charge on any atom is -0.303 e. The lowest BCUT2D eigenvalue weighted by molar-refractivity contribution is 0.184. The Morgan fingerprint density at radius 2 is 2.08 bits per heavy atom. The molecular weight excluding hydrogens is 158 g/mol. The number of hydrogen-bond acceptors (Lipinski definition) is 1. The van der Waals surface area contributed by atoms with E-state index in [1.807, 2.05) is 0 Å². The molecule has 1 heterocycles. The van der Waals surface area contributed by atoms with Gasteiger partial charge in [0, 0.05) is 6.04 Å². The van der Waals surface area contributed by atoms with Crippen LogP contribution in [-0.2, 0) is 0 Å². The van der Waals surface area contributed by atoms with Crippen LogP contribution in [-0.4, -0.2) is 24.5 Å². The van der Waals surface area contributed by atoms with Crippen molar-refractivity contribution < 1.29 is 0 Å². The molecule has 1 heteroatoms. The number of nitrogens with zero attached hydrogens (tertiary/aromatic N) is 1. The van der Waals surface area contributed by atoms with Crippen molar-refractivity contribution in [3.8, 4) is 0 Å². The van der Waals surface area contributed by atoms with Gasteiger partial charge in [-0.2, -0.15) is 0 Å². The van der Waals surface area contributed by atoms with Gasteiger partial charge < -0.3 is 4.90 Å². The Bertz CT molecular complexity index is 182. The highest BCUT2D eigenvalue weighted by molar-refractivity contribution is 5.04. The molecule has 0 aromatic carbocycles. The molecule has 0 radical (unpaired) electrons. The second-order valence-corrected chi connectivity index (χ2v) is 5.60. The van der Waals surface area contributed by atoms with Crippen molar-refractivity contribution in [2.45, 2.75) is 52.0 Å². The van der Waals surface area contributed by atoms with Crippen molar-refractivity contribution in [1.29, 1.82) is 0 Å². The van der Waals surface area contributed by atoms with Gasteiger partial charge in [-0.25, -0.2) is 0 Å². The zero-order valence-corrected chi connectivity index (χ0v) is 9.34. The molecule has 2 aliphatic rings. The lowest BCUT2D eigenvalue weighted by Gasteiger charge is -2.30. The van der Waals surface area contributed by atoms with E-state index in [2.05, 4.69) is 25.8 Å².